The van der Waals surface area contributed by atoms with E-state index in [2.05, 4.69) is 39.7 Å². The van der Waals surface area contributed by atoms with Crippen LogP contribution in [-0.4, -0.2) is 19.5 Å². The second kappa shape index (κ2) is 5.73. The van der Waals surface area contributed by atoms with Gasteiger partial charge in [-0.2, -0.15) is 0 Å². The molecule has 0 aliphatic heterocycles. The van der Waals surface area contributed by atoms with E-state index >= 15 is 0 Å². The van der Waals surface area contributed by atoms with Crippen LogP contribution in [0.2, 0.25) is 0 Å². The van der Waals surface area contributed by atoms with Crippen molar-refractivity contribution in [2.75, 3.05) is 0 Å². The molecule has 0 saturated heterocycles. The molecule has 0 bridgehead atoms. The fraction of sp³-hybridized carbons (Fsp3) is 0.333. The van der Waals surface area contributed by atoms with Crippen molar-refractivity contribution in [3.05, 3.63) is 48.4 Å². The molecule has 4 heterocycles. The first-order chi connectivity index (χ1) is 12.3. The Balaban J connectivity index is 1.86. The second-order valence-electron chi connectivity index (χ2n) is 7.16. The van der Waals surface area contributed by atoms with E-state index in [1.807, 2.05) is 24.7 Å². The third-order valence-corrected chi connectivity index (χ3v) is 5.57. The summed E-state index contributed by atoms with van der Waals surface area (Å²) < 4.78 is 2.56. The van der Waals surface area contributed by atoms with Gasteiger partial charge in [-0.3, -0.25) is 4.98 Å². The highest BCUT2D eigenvalue weighted by atomic mass is 15.0. The first-order valence-corrected chi connectivity index (χ1v) is 9.22. The summed E-state index contributed by atoms with van der Waals surface area (Å²) in [5, 5.41) is 2.42. The summed E-state index contributed by atoms with van der Waals surface area (Å²) in [5.74, 6) is 0. The number of aryl methyl sites for hydroxylation is 1. The second-order valence-corrected chi connectivity index (χ2v) is 7.16. The summed E-state index contributed by atoms with van der Waals surface area (Å²) in [6, 6.07) is 9.13. The number of nitrogens with one attached hydrogen (secondary N) is 1. The normalized spacial score (nSPS) is 16.0. The molecular formula is C21H22N4. The number of aromatic amines is 1. The van der Waals surface area contributed by atoms with Gasteiger partial charge in [0.25, 0.3) is 0 Å². The van der Waals surface area contributed by atoms with Crippen LogP contribution in [0.1, 0.15) is 43.7 Å². The molecule has 1 fully saturated rings. The van der Waals surface area contributed by atoms with Gasteiger partial charge in [0.1, 0.15) is 5.65 Å². The van der Waals surface area contributed by atoms with Crippen molar-refractivity contribution >= 4 is 21.9 Å². The molecule has 1 aliphatic rings. The molecule has 1 aliphatic carbocycles. The van der Waals surface area contributed by atoms with Gasteiger partial charge < -0.3 is 9.55 Å². The van der Waals surface area contributed by atoms with E-state index in [0.717, 1.165) is 11.3 Å². The van der Waals surface area contributed by atoms with Crippen LogP contribution in [0.25, 0.3) is 33.3 Å². The Hall–Kier alpha value is -2.62. The minimum atomic E-state index is 0.545. The van der Waals surface area contributed by atoms with Crippen LogP contribution in [-0.2, 0) is 0 Å². The van der Waals surface area contributed by atoms with Crippen LogP contribution in [0.15, 0.2) is 42.9 Å². The van der Waals surface area contributed by atoms with Gasteiger partial charge in [0.05, 0.1) is 16.9 Å². The highest BCUT2D eigenvalue weighted by Gasteiger charge is 2.23. The average molecular weight is 330 g/mol. The van der Waals surface area contributed by atoms with Gasteiger partial charge >= 0.3 is 0 Å². The van der Waals surface area contributed by atoms with Gasteiger partial charge in [0.2, 0.25) is 0 Å². The lowest BCUT2D eigenvalue weighted by Gasteiger charge is -2.27. The lowest BCUT2D eigenvalue weighted by atomic mass is 9.94. The molecule has 4 aromatic rings. The van der Waals surface area contributed by atoms with Crippen LogP contribution in [0.4, 0.5) is 0 Å². The van der Waals surface area contributed by atoms with Gasteiger partial charge in [-0.15, -0.1) is 0 Å². The number of pyridine rings is 2. The maximum atomic E-state index is 4.72. The molecule has 0 radical (unpaired) electrons. The van der Waals surface area contributed by atoms with Crippen molar-refractivity contribution in [2.24, 2.45) is 0 Å². The molecule has 4 nitrogen and oxygen atoms in total. The lowest BCUT2D eigenvalue weighted by Crippen LogP contribution is -2.14. The third-order valence-electron chi connectivity index (χ3n) is 5.57. The van der Waals surface area contributed by atoms with E-state index in [1.165, 1.54) is 59.7 Å². The summed E-state index contributed by atoms with van der Waals surface area (Å²) in [4.78, 5) is 12.6. The van der Waals surface area contributed by atoms with E-state index in [1.54, 1.807) is 0 Å². The van der Waals surface area contributed by atoms with Crippen molar-refractivity contribution < 1.29 is 0 Å². The number of nitrogens with zero attached hydrogens (tertiary/aromatic N) is 3. The molecule has 126 valence electrons. The zero-order valence-corrected chi connectivity index (χ0v) is 14.5. The van der Waals surface area contributed by atoms with E-state index in [9.17, 15) is 0 Å². The van der Waals surface area contributed by atoms with E-state index < -0.39 is 0 Å². The van der Waals surface area contributed by atoms with Crippen LogP contribution in [0.3, 0.4) is 0 Å². The summed E-state index contributed by atoms with van der Waals surface area (Å²) in [7, 11) is 0. The molecule has 0 spiro atoms. The van der Waals surface area contributed by atoms with Gasteiger partial charge in [-0.1, -0.05) is 25.3 Å². The van der Waals surface area contributed by atoms with Crippen molar-refractivity contribution in [2.45, 2.75) is 45.1 Å². The average Bonchev–Trinajstić information content (AvgIpc) is 3.26. The van der Waals surface area contributed by atoms with Crippen molar-refractivity contribution in [3.8, 4) is 11.4 Å². The minimum absolute atomic E-state index is 0.545. The number of fused-ring (bicyclic) bond motifs is 3. The summed E-state index contributed by atoms with van der Waals surface area (Å²) >= 11 is 0. The Morgan fingerprint density at radius 1 is 1.12 bits per heavy atom. The fourth-order valence-corrected chi connectivity index (χ4v) is 4.38. The van der Waals surface area contributed by atoms with E-state index in [0.29, 0.717) is 6.04 Å². The molecule has 1 saturated carbocycles. The molecule has 0 aromatic carbocycles. The summed E-state index contributed by atoms with van der Waals surface area (Å²) in [6.45, 7) is 2.15. The Labute approximate surface area is 146 Å². The Bertz CT molecular complexity index is 1050. The van der Waals surface area contributed by atoms with E-state index in [4.69, 9.17) is 4.98 Å². The largest absolute Gasteiger partial charge is 0.346 e. The van der Waals surface area contributed by atoms with Gasteiger partial charge in [0, 0.05) is 35.4 Å². The SMILES string of the molecule is Cc1cccnc1-c1cc2cnc3[nH]ccc3c2n1C1CCCCC1. The quantitative estimate of drug-likeness (QED) is 0.535. The fourth-order valence-electron chi connectivity index (χ4n) is 4.38. The molecule has 0 unspecified atom stereocenters. The number of H-pyrrole nitrogens is 1. The molecule has 5 rings (SSSR count). The Morgan fingerprint density at radius 2 is 2.00 bits per heavy atom. The van der Waals surface area contributed by atoms with E-state index in [-0.39, 0.29) is 0 Å². The zero-order chi connectivity index (χ0) is 16.8. The molecular weight excluding hydrogens is 308 g/mol. The van der Waals surface area contributed by atoms with Gasteiger partial charge in [0.15, 0.2) is 0 Å². The highest BCUT2D eigenvalue weighted by molar-refractivity contribution is 6.05. The number of rotatable bonds is 2. The predicted molar refractivity (Wildman–Crippen MR) is 102 cm³/mol. The molecule has 0 amide bonds. The maximum absolute atomic E-state index is 4.72. The maximum Gasteiger partial charge on any atom is 0.139 e. The molecule has 25 heavy (non-hydrogen) atoms. The Morgan fingerprint density at radius 3 is 2.84 bits per heavy atom. The Kier molecular flexibility index (Phi) is 3.37. The van der Waals surface area contributed by atoms with Crippen LogP contribution in [0.5, 0.6) is 0 Å². The molecule has 4 aromatic heterocycles. The highest BCUT2D eigenvalue weighted by Crippen LogP contribution is 2.39. The van der Waals surface area contributed by atoms with Crippen LogP contribution >= 0.6 is 0 Å². The standard InChI is InChI=1S/C21H22N4/c1-14-6-5-10-22-19(14)18-12-15-13-24-21-17(9-11-23-21)20(15)25(18)16-7-3-2-4-8-16/h5-6,9-13,16H,2-4,7-8H2,1H3,(H,23,24). The van der Waals surface area contributed by atoms with Crippen LogP contribution < -0.4 is 0 Å². The number of hydrogen-bond donors (Lipinski definition) is 1. The smallest absolute Gasteiger partial charge is 0.139 e. The van der Waals surface area contributed by atoms with Crippen molar-refractivity contribution in [3.63, 3.8) is 0 Å². The number of aromatic nitrogens is 4. The molecule has 0 atom stereocenters. The monoisotopic (exact) mass is 330 g/mol. The lowest BCUT2D eigenvalue weighted by molar-refractivity contribution is 0.363. The van der Waals surface area contributed by atoms with Gasteiger partial charge in [-0.05, 0) is 43.5 Å². The van der Waals surface area contributed by atoms with Crippen molar-refractivity contribution in [1.29, 1.82) is 0 Å². The first kappa shape index (κ1) is 14.7. The topological polar surface area (TPSA) is 46.5 Å². The first-order valence-electron chi connectivity index (χ1n) is 9.22. The summed E-state index contributed by atoms with van der Waals surface area (Å²) in [5.41, 5.74) is 5.81. The summed E-state index contributed by atoms with van der Waals surface area (Å²) in [6.07, 6.45) is 12.4. The zero-order valence-electron chi connectivity index (χ0n) is 14.5. The number of hydrogen-bond acceptors (Lipinski definition) is 2. The van der Waals surface area contributed by atoms with Crippen LogP contribution in [0, 0.1) is 6.92 Å². The predicted octanol–water partition coefficient (Wildman–Crippen LogP) is 5.39. The minimum Gasteiger partial charge on any atom is -0.346 e. The third kappa shape index (κ3) is 2.28. The van der Waals surface area contributed by atoms with Gasteiger partial charge in [-0.25, -0.2) is 4.98 Å². The van der Waals surface area contributed by atoms with Crippen molar-refractivity contribution in [1.82, 2.24) is 19.5 Å². The molecule has 4 heteroatoms. The molecule has 1 N–H and O–H groups in total.